The molecule has 1 fully saturated rings. The first-order valence-electron chi connectivity index (χ1n) is 11.6. The summed E-state index contributed by atoms with van der Waals surface area (Å²) in [6.07, 6.45) is 7.18. The van der Waals surface area contributed by atoms with Gasteiger partial charge in [0, 0.05) is 30.6 Å². The number of hydrogen-bond acceptors (Lipinski definition) is 9. The molecular weight excluding hydrogens is 444 g/mol. The van der Waals surface area contributed by atoms with Gasteiger partial charge in [0.1, 0.15) is 36.3 Å². The summed E-state index contributed by atoms with van der Waals surface area (Å²) in [5.41, 5.74) is 4.07. The molecule has 2 aliphatic heterocycles. The second-order valence-electron chi connectivity index (χ2n) is 8.83. The second kappa shape index (κ2) is 7.79. The minimum absolute atomic E-state index is 0.397. The molecule has 10 nitrogen and oxygen atoms in total. The molecule has 7 rings (SSSR count). The lowest BCUT2D eigenvalue weighted by Crippen LogP contribution is -2.38. The molecule has 0 amide bonds. The van der Waals surface area contributed by atoms with Gasteiger partial charge in [-0.2, -0.15) is 5.10 Å². The van der Waals surface area contributed by atoms with Crippen LogP contribution in [0.15, 0.2) is 55.2 Å². The van der Waals surface area contributed by atoms with Crippen molar-refractivity contribution < 1.29 is 9.47 Å². The number of aromatic nitrogens is 6. The quantitative estimate of drug-likeness (QED) is 0.416. The summed E-state index contributed by atoms with van der Waals surface area (Å²) in [5, 5.41) is 7.53. The third kappa shape index (κ3) is 3.45. The molecule has 0 aliphatic carbocycles. The number of hydrogen-bond donors (Lipinski definition) is 1. The molecule has 2 aliphatic rings. The van der Waals surface area contributed by atoms with Crippen LogP contribution in [0.4, 0.5) is 17.3 Å². The van der Waals surface area contributed by atoms with Crippen LogP contribution in [0.5, 0.6) is 17.2 Å². The summed E-state index contributed by atoms with van der Waals surface area (Å²) in [4.78, 5) is 20.4. The number of ether oxygens (including phenoxy) is 2. The van der Waals surface area contributed by atoms with Gasteiger partial charge in [-0.3, -0.25) is 0 Å². The Labute approximate surface area is 200 Å². The van der Waals surface area contributed by atoms with Crippen molar-refractivity contribution in [1.82, 2.24) is 29.5 Å². The fourth-order valence-corrected chi connectivity index (χ4v) is 4.80. The van der Waals surface area contributed by atoms with Gasteiger partial charge < -0.3 is 19.7 Å². The topological polar surface area (TPSA) is 103 Å². The minimum atomic E-state index is 0.397. The SMILES string of the molecule is Cc1cc(Nc2ncnc3cc4c(nc23)N2CCC[C@H]2CO4)ccc1Oc1ccn2ncnc2c1. The fraction of sp³-hybridized carbons (Fsp3) is 0.240. The van der Waals surface area contributed by atoms with Crippen LogP contribution in [0.1, 0.15) is 18.4 Å². The zero-order valence-corrected chi connectivity index (χ0v) is 19.0. The molecule has 0 saturated carbocycles. The van der Waals surface area contributed by atoms with Gasteiger partial charge in [0.2, 0.25) is 0 Å². The van der Waals surface area contributed by atoms with Crippen LogP contribution < -0.4 is 19.7 Å². The van der Waals surface area contributed by atoms with Gasteiger partial charge in [-0.1, -0.05) is 0 Å². The molecule has 35 heavy (non-hydrogen) atoms. The van der Waals surface area contributed by atoms with Crippen LogP contribution in [0, 0.1) is 6.92 Å². The van der Waals surface area contributed by atoms with Gasteiger partial charge in [-0.05, 0) is 49.6 Å². The summed E-state index contributed by atoms with van der Waals surface area (Å²) >= 11 is 0. The van der Waals surface area contributed by atoms with Crippen LogP contribution in [-0.4, -0.2) is 48.7 Å². The number of nitrogens with one attached hydrogen (secondary N) is 1. The highest BCUT2D eigenvalue weighted by atomic mass is 16.5. The average molecular weight is 467 g/mol. The maximum absolute atomic E-state index is 6.10. The number of nitrogens with zero attached hydrogens (tertiary/aromatic N) is 7. The fourth-order valence-electron chi connectivity index (χ4n) is 4.80. The molecular formula is C25H22N8O2. The van der Waals surface area contributed by atoms with Crippen molar-refractivity contribution in [2.75, 3.05) is 23.4 Å². The minimum Gasteiger partial charge on any atom is -0.487 e. The van der Waals surface area contributed by atoms with E-state index in [0.717, 1.165) is 64.6 Å². The predicted octanol–water partition coefficient (Wildman–Crippen LogP) is 4.27. The highest BCUT2D eigenvalue weighted by molar-refractivity contribution is 5.90. The standard InChI is InChI=1S/C25H22N8O2/c1-15-9-16(4-5-20(15)35-18-6-8-33-22(10-18)27-14-29-33)30-24-23-19(26-13-28-24)11-21-25(31-23)32-7-2-3-17(32)12-34-21/h4-6,8-11,13-14,17H,2-3,7,12H2,1H3,(H,26,28,30)/t17-/m0/s1. The number of pyridine rings is 2. The molecule has 0 spiro atoms. The Kier molecular flexibility index (Phi) is 4.44. The smallest absolute Gasteiger partial charge is 0.172 e. The summed E-state index contributed by atoms with van der Waals surface area (Å²) in [6.45, 7) is 3.71. The van der Waals surface area contributed by atoms with E-state index >= 15 is 0 Å². The molecule has 10 heteroatoms. The van der Waals surface area contributed by atoms with Crippen molar-refractivity contribution in [3.63, 3.8) is 0 Å². The largest absolute Gasteiger partial charge is 0.487 e. The van der Waals surface area contributed by atoms with E-state index in [-0.39, 0.29) is 0 Å². The number of fused-ring (bicyclic) bond motifs is 5. The van der Waals surface area contributed by atoms with E-state index in [2.05, 4.69) is 30.3 Å². The van der Waals surface area contributed by atoms with Crippen molar-refractivity contribution in [3.05, 3.63) is 60.8 Å². The zero-order valence-electron chi connectivity index (χ0n) is 19.0. The molecule has 4 aromatic heterocycles. The first-order valence-corrected chi connectivity index (χ1v) is 11.6. The molecule has 1 N–H and O–H groups in total. The summed E-state index contributed by atoms with van der Waals surface area (Å²) in [6, 6.07) is 12.0. The Morgan fingerprint density at radius 2 is 2.06 bits per heavy atom. The monoisotopic (exact) mass is 466 g/mol. The van der Waals surface area contributed by atoms with Crippen LogP contribution in [0.2, 0.25) is 0 Å². The van der Waals surface area contributed by atoms with Crippen LogP contribution in [0.25, 0.3) is 16.7 Å². The van der Waals surface area contributed by atoms with Crippen molar-refractivity contribution in [2.45, 2.75) is 25.8 Å². The van der Waals surface area contributed by atoms with Gasteiger partial charge in [-0.15, -0.1) is 0 Å². The lowest BCUT2D eigenvalue weighted by molar-refractivity contribution is 0.270. The number of anilines is 3. The molecule has 0 bridgehead atoms. The number of benzene rings is 1. The maximum Gasteiger partial charge on any atom is 0.172 e. The lowest BCUT2D eigenvalue weighted by Gasteiger charge is -2.32. The highest BCUT2D eigenvalue weighted by Crippen LogP contribution is 2.39. The van der Waals surface area contributed by atoms with Crippen LogP contribution >= 0.6 is 0 Å². The van der Waals surface area contributed by atoms with Crippen LogP contribution in [0.3, 0.4) is 0 Å². The van der Waals surface area contributed by atoms with Gasteiger partial charge in [0.15, 0.2) is 23.0 Å². The average Bonchev–Trinajstić information content (AvgIpc) is 3.54. The first kappa shape index (κ1) is 20.0. The van der Waals surface area contributed by atoms with E-state index < -0.39 is 0 Å². The van der Waals surface area contributed by atoms with E-state index in [1.807, 2.05) is 49.5 Å². The summed E-state index contributed by atoms with van der Waals surface area (Å²) in [7, 11) is 0. The molecule has 5 aromatic rings. The Morgan fingerprint density at radius 1 is 1.09 bits per heavy atom. The molecule has 0 radical (unpaired) electrons. The second-order valence-corrected chi connectivity index (χ2v) is 8.83. The lowest BCUT2D eigenvalue weighted by atomic mass is 10.2. The Bertz CT molecular complexity index is 1580. The molecule has 1 saturated heterocycles. The molecule has 1 aromatic carbocycles. The van der Waals surface area contributed by atoms with Gasteiger partial charge in [-0.25, -0.2) is 24.5 Å². The van der Waals surface area contributed by atoms with E-state index in [1.165, 1.54) is 6.33 Å². The highest BCUT2D eigenvalue weighted by Gasteiger charge is 2.33. The Morgan fingerprint density at radius 3 is 3.00 bits per heavy atom. The molecule has 0 unspecified atom stereocenters. The predicted molar refractivity (Wildman–Crippen MR) is 131 cm³/mol. The van der Waals surface area contributed by atoms with Gasteiger partial charge in [0.25, 0.3) is 0 Å². The van der Waals surface area contributed by atoms with Crippen molar-refractivity contribution in [2.24, 2.45) is 0 Å². The van der Waals surface area contributed by atoms with Crippen molar-refractivity contribution in [3.8, 4) is 17.2 Å². The van der Waals surface area contributed by atoms with Crippen molar-refractivity contribution >= 4 is 34.0 Å². The van der Waals surface area contributed by atoms with E-state index in [0.29, 0.717) is 24.2 Å². The summed E-state index contributed by atoms with van der Waals surface area (Å²) < 4.78 is 13.8. The van der Waals surface area contributed by atoms with E-state index in [9.17, 15) is 0 Å². The van der Waals surface area contributed by atoms with E-state index in [1.54, 1.807) is 10.8 Å². The Balaban J connectivity index is 1.18. The molecule has 1 atom stereocenters. The molecule has 174 valence electrons. The van der Waals surface area contributed by atoms with Gasteiger partial charge >= 0.3 is 0 Å². The zero-order chi connectivity index (χ0) is 23.4. The summed E-state index contributed by atoms with van der Waals surface area (Å²) in [5.74, 6) is 3.80. The third-order valence-electron chi connectivity index (χ3n) is 6.55. The maximum atomic E-state index is 6.10. The van der Waals surface area contributed by atoms with E-state index in [4.69, 9.17) is 14.5 Å². The third-order valence-corrected chi connectivity index (χ3v) is 6.55. The van der Waals surface area contributed by atoms with Crippen molar-refractivity contribution in [1.29, 1.82) is 0 Å². The number of rotatable bonds is 4. The Hall–Kier alpha value is -4.47. The van der Waals surface area contributed by atoms with Gasteiger partial charge in [0.05, 0.1) is 11.6 Å². The first-order chi connectivity index (χ1) is 17.2. The molecule has 6 heterocycles. The number of aryl methyl sites for hydroxylation is 1. The van der Waals surface area contributed by atoms with Crippen LogP contribution in [-0.2, 0) is 0 Å². The normalized spacial score (nSPS) is 16.7.